The zero-order chi connectivity index (χ0) is 18.4. The van der Waals surface area contributed by atoms with Crippen molar-refractivity contribution in [2.75, 3.05) is 32.7 Å². The van der Waals surface area contributed by atoms with Crippen LogP contribution in [0.25, 0.3) is 6.08 Å². The lowest BCUT2D eigenvalue weighted by atomic mass is 10.2. The van der Waals surface area contributed by atoms with Gasteiger partial charge < -0.3 is 5.32 Å². The summed E-state index contributed by atoms with van der Waals surface area (Å²) in [7, 11) is -3.47. The molecule has 1 fully saturated rings. The molecule has 1 aliphatic heterocycles. The molecule has 1 aromatic rings. The molecule has 1 aromatic carbocycles. The van der Waals surface area contributed by atoms with Gasteiger partial charge >= 0.3 is 0 Å². The maximum absolute atomic E-state index is 12.4. The number of hydrogen-bond acceptors (Lipinski definition) is 4. The molecular weight excluding hydrogens is 362 g/mol. The molecule has 138 valence electrons. The van der Waals surface area contributed by atoms with E-state index in [9.17, 15) is 13.2 Å². The van der Waals surface area contributed by atoms with Crippen LogP contribution >= 0.6 is 11.6 Å². The minimum absolute atomic E-state index is 0.0334. The number of nitrogens with one attached hydrogen (secondary N) is 1. The van der Waals surface area contributed by atoms with E-state index in [4.69, 9.17) is 11.6 Å². The Morgan fingerprint density at radius 3 is 2.36 bits per heavy atom. The van der Waals surface area contributed by atoms with E-state index in [1.807, 2.05) is 18.7 Å². The highest BCUT2D eigenvalue weighted by atomic mass is 35.5. The van der Waals surface area contributed by atoms with Crippen molar-refractivity contribution in [1.29, 1.82) is 0 Å². The first kappa shape index (κ1) is 19.9. The fraction of sp³-hybridized carbons (Fsp3) is 0.471. The average molecular weight is 386 g/mol. The Balaban J connectivity index is 1.88. The van der Waals surface area contributed by atoms with E-state index in [0.29, 0.717) is 37.7 Å². The second-order valence-corrected chi connectivity index (χ2v) is 8.55. The number of nitrogens with zero attached hydrogens (tertiary/aromatic N) is 2. The van der Waals surface area contributed by atoms with Gasteiger partial charge in [0.05, 0.1) is 6.54 Å². The lowest BCUT2D eigenvalue weighted by Gasteiger charge is -2.32. The maximum atomic E-state index is 12.4. The lowest BCUT2D eigenvalue weighted by molar-refractivity contribution is -0.123. The van der Waals surface area contributed by atoms with Gasteiger partial charge in [-0.15, -0.1) is 0 Å². The quantitative estimate of drug-likeness (QED) is 0.810. The Labute approximate surface area is 154 Å². The summed E-state index contributed by atoms with van der Waals surface area (Å²) >= 11 is 5.82. The van der Waals surface area contributed by atoms with Crippen molar-refractivity contribution in [3.63, 3.8) is 0 Å². The molecular formula is C17H24ClN3O3S. The topological polar surface area (TPSA) is 69.7 Å². The SMILES string of the molecule is CC(C)NC(=O)CN1CCN(S(=O)(=O)/C=C/c2ccc(Cl)cc2)CC1. The average Bonchev–Trinajstić information content (AvgIpc) is 2.54. The van der Waals surface area contributed by atoms with Gasteiger partial charge in [-0.1, -0.05) is 23.7 Å². The third-order valence-corrected chi connectivity index (χ3v) is 5.63. The highest BCUT2D eigenvalue weighted by Gasteiger charge is 2.25. The molecule has 1 amide bonds. The summed E-state index contributed by atoms with van der Waals surface area (Å²) in [4.78, 5) is 13.7. The van der Waals surface area contributed by atoms with Gasteiger partial charge in [-0.3, -0.25) is 9.69 Å². The molecule has 1 saturated heterocycles. The van der Waals surface area contributed by atoms with E-state index in [0.717, 1.165) is 5.56 Å². The zero-order valence-corrected chi connectivity index (χ0v) is 16.1. The van der Waals surface area contributed by atoms with Gasteiger partial charge in [-0.25, -0.2) is 8.42 Å². The summed E-state index contributed by atoms with van der Waals surface area (Å²) in [5.41, 5.74) is 0.775. The van der Waals surface area contributed by atoms with Gasteiger partial charge in [0, 0.05) is 42.7 Å². The molecule has 0 radical (unpaired) electrons. The highest BCUT2D eigenvalue weighted by Crippen LogP contribution is 2.14. The molecule has 0 bridgehead atoms. The second-order valence-electron chi connectivity index (χ2n) is 6.30. The van der Waals surface area contributed by atoms with Gasteiger partial charge in [0.1, 0.15) is 0 Å². The van der Waals surface area contributed by atoms with Gasteiger partial charge in [0.2, 0.25) is 15.9 Å². The minimum Gasteiger partial charge on any atom is -0.353 e. The van der Waals surface area contributed by atoms with Crippen LogP contribution in [-0.2, 0) is 14.8 Å². The van der Waals surface area contributed by atoms with E-state index in [1.54, 1.807) is 30.3 Å². The van der Waals surface area contributed by atoms with E-state index in [1.165, 1.54) is 9.71 Å². The van der Waals surface area contributed by atoms with Crippen LogP contribution in [-0.4, -0.2) is 62.3 Å². The third kappa shape index (κ3) is 6.43. The number of amides is 1. The Kier molecular flexibility index (Phi) is 7.01. The molecule has 1 aliphatic rings. The standard InChI is InChI=1S/C17H24ClN3O3S/c1-14(2)19-17(22)13-20-8-10-21(11-9-20)25(23,24)12-7-15-3-5-16(18)6-4-15/h3-7,12,14H,8-11,13H2,1-2H3,(H,19,22)/b12-7+. The van der Waals surface area contributed by atoms with E-state index in [2.05, 4.69) is 5.32 Å². The summed E-state index contributed by atoms with van der Waals surface area (Å²) < 4.78 is 26.3. The smallest absolute Gasteiger partial charge is 0.236 e. The van der Waals surface area contributed by atoms with Crippen molar-refractivity contribution in [3.8, 4) is 0 Å². The number of carbonyl (C=O) groups excluding carboxylic acids is 1. The molecule has 0 unspecified atom stereocenters. The predicted molar refractivity (Wildman–Crippen MR) is 101 cm³/mol. The van der Waals surface area contributed by atoms with Crippen molar-refractivity contribution in [3.05, 3.63) is 40.3 Å². The summed E-state index contributed by atoms with van der Waals surface area (Å²) in [6.07, 6.45) is 1.56. The Bertz CT molecular complexity index is 709. The first-order valence-corrected chi connectivity index (χ1v) is 10.1. The van der Waals surface area contributed by atoms with E-state index in [-0.39, 0.29) is 11.9 Å². The second kappa shape index (κ2) is 8.80. The van der Waals surface area contributed by atoms with Crippen LogP contribution < -0.4 is 5.32 Å². The zero-order valence-electron chi connectivity index (χ0n) is 14.5. The predicted octanol–water partition coefficient (Wildman–Crippen LogP) is 1.78. The lowest BCUT2D eigenvalue weighted by Crippen LogP contribution is -2.51. The molecule has 8 heteroatoms. The van der Waals surface area contributed by atoms with Crippen molar-refractivity contribution in [1.82, 2.24) is 14.5 Å². The Hall–Kier alpha value is -1.41. The molecule has 0 aliphatic carbocycles. The molecule has 0 spiro atoms. The number of benzene rings is 1. The summed E-state index contributed by atoms with van der Waals surface area (Å²) in [6.45, 7) is 5.96. The van der Waals surface area contributed by atoms with E-state index < -0.39 is 10.0 Å². The molecule has 0 saturated carbocycles. The molecule has 0 aromatic heterocycles. The first-order chi connectivity index (χ1) is 11.8. The number of carbonyl (C=O) groups is 1. The van der Waals surface area contributed by atoms with E-state index >= 15 is 0 Å². The summed E-state index contributed by atoms with van der Waals surface area (Å²) in [6, 6.07) is 7.07. The third-order valence-electron chi connectivity index (χ3n) is 3.81. The molecule has 1 N–H and O–H groups in total. The fourth-order valence-electron chi connectivity index (χ4n) is 2.54. The van der Waals surface area contributed by atoms with Gasteiger partial charge in [-0.2, -0.15) is 4.31 Å². The first-order valence-electron chi connectivity index (χ1n) is 8.22. The van der Waals surface area contributed by atoms with Crippen molar-refractivity contribution < 1.29 is 13.2 Å². The van der Waals surface area contributed by atoms with Crippen LogP contribution in [0.5, 0.6) is 0 Å². The molecule has 2 rings (SSSR count). The monoisotopic (exact) mass is 385 g/mol. The number of piperazine rings is 1. The van der Waals surface area contributed by atoms with Crippen molar-refractivity contribution in [2.24, 2.45) is 0 Å². The maximum Gasteiger partial charge on any atom is 0.236 e. The van der Waals surface area contributed by atoms with Gasteiger partial charge in [0.15, 0.2) is 0 Å². The summed E-state index contributed by atoms with van der Waals surface area (Å²) in [5, 5.41) is 4.67. The molecule has 0 atom stereocenters. The van der Waals surface area contributed by atoms with Crippen molar-refractivity contribution in [2.45, 2.75) is 19.9 Å². The Morgan fingerprint density at radius 1 is 1.20 bits per heavy atom. The largest absolute Gasteiger partial charge is 0.353 e. The van der Waals surface area contributed by atoms with Crippen LogP contribution in [0.1, 0.15) is 19.4 Å². The number of hydrogen-bond donors (Lipinski definition) is 1. The normalized spacial score (nSPS) is 17.3. The number of rotatable bonds is 6. The van der Waals surface area contributed by atoms with Crippen molar-refractivity contribution >= 4 is 33.6 Å². The van der Waals surface area contributed by atoms with Crippen LogP contribution in [0.4, 0.5) is 0 Å². The summed E-state index contributed by atoms with van der Waals surface area (Å²) in [5.74, 6) is -0.0334. The fourth-order valence-corrected chi connectivity index (χ4v) is 3.84. The molecule has 6 nitrogen and oxygen atoms in total. The van der Waals surface area contributed by atoms with Gasteiger partial charge in [0.25, 0.3) is 0 Å². The van der Waals surface area contributed by atoms with Crippen LogP contribution in [0, 0.1) is 0 Å². The van der Waals surface area contributed by atoms with Crippen LogP contribution in [0.3, 0.4) is 0 Å². The number of halogens is 1. The minimum atomic E-state index is -3.47. The number of sulfonamides is 1. The van der Waals surface area contributed by atoms with Crippen LogP contribution in [0.2, 0.25) is 5.02 Å². The van der Waals surface area contributed by atoms with Crippen LogP contribution in [0.15, 0.2) is 29.7 Å². The molecule has 25 heavy (non-hydrogen) atoms. The van der Waals surface area contributed by atoms with Gasteiger partial charge in [-0.05, 0) is 37.6 Å². The highest BCUT2D eigenvalue weighted by molar-refractivity contribution is 7.92. The Morgan fingerprint density at radius 2 is 1.80 bits per heavy atom. The molecule has 1 heterocycles.